The Kier molecular flexibility index (Phi) is 6.43. The SMILES string of the molecule is CC1(C)C[C@@H](NC(=O)Nc2ncccn2)C[C@](C)(CNC(=O)Nc2ncccn2)C1. The molecule has 2 aromatic rings. The van der Waals surface area contributed by atoms with E-state index in [1.165, 1.54) is 0 Å². The second-order valence-electron chi connectivity index (χ2n) is 8.81. The summed E-state index contributed by atoms with van der Waals surface area (Å²) in [5.74, 6) is 0.512. The number of amides is 4. The monoisotopic (exact) mass is 412 g/mol. The molecule has 0 radical (unpaired) electrons. The van der Waals surface area contributed by atoms with E-state index in [-0.39, 0.29) is 40.8 Å². The quantitative estimate of drug-likeness (QED) is 0.597. The minimum Gasteiger partial charge on any atom is -0.337 e. The molecule has 1 aliphatic carbocycles. The topological polar surface area (TPSA) is 134 Å². The van der Waals surface area contributed by atoms with Gasteiger partial charge in [-0.3, -0.25) is 10.6 Å². The van der Waals surface area contributed by atoms with Crippen LogP contribution in [0.3, 0.4) is 0 Å². The summed E-state index contributed by atoms with van der Waals surface area (Å²) in [4.78, 5) is 40.6. The van der Waals surface area contributed by atoms with E-state index in [9.17, 15) is 9.59 Å². The van der Waals surface area contributed by atoms with Crippen molar-refractivity contribution < 1.29 is 9.59 Å². The fourth-order valence-electron chi connectivity index (χ4n) is 4.36. The molecule has 2 atom stereocenters. The van der Waals surface area contributed by atoms with Crippen LogP contribution in [0.2, 0.25) is 0 Å². The number of aromatic nitrogens is 4. The molecule has 0 unspecified atom stereocenters. The molecule has 160 valence electrons. The van der Waals surface area contributed by atoms with Crippen molar-refractivity contribution in [1.82, 2.24) is 30.6 Å². The Bertz CT molecular complexity index is 862. The van der Waals surface area contributed by atoms with Crippen molar-refractivity contribution in [3.8, 4) is 0 Å². The molecule has 0 bridgehead atoms. The molecule has 0 aromatic carbocycles. The van der Waals surface area contributed by atoms with Gasteiger partial charge in [0.05, 0.1) is 0 Å². The van der Waals surface area contributed by atoms with Gasteiger partial charge in [0, 0.05) is 37.4 Å². The number of anilines is 2. The lowest BCUT2D eigenvalue weighted by atomic mass is 9.62. The molecule has 0 saturated heterocycles. The first kappa shape index (κ1) is 21.4. The van der Waals surface area contributed by atoms with Gasteiger partial charge in [-0.15, -0.1) is 0 Å². The molecular weight excluding hydrogens is 384 g/mol. The van der Waals surface area contributed by atoms with Crippen LogP contribution in [-0.2, 0) is 0 Å². The minimum atomic E-state index is -0.353. The molecule has 0 spiro atoms. The first-order valence-corrected chi connectivity index (χ1v) is 9.90. The highest BCUT2D eigenvalue weighted by molar-refractivity contribution is 5.88. The van der Waals surface area contributed by atoms with E-state index in [1.54, 1.807) is 36.9 Å². The number of hydrogen-bond donors (Lipinski definition) is 4. The van der Waals surface area contributed by atoms with Gasteiger partial charge in [0.15, 0.2) is 0 Å². The molecule has 1 saturated carbocycles. The normalized spacial score (nSPS) is 22.6. The van der Waals surface area contributed by atoms with Crippen LogP contribution < -0.4 is 21.3 Å². The van der Waals surface area contributed by atoms with Crippen LogP contribution in [0, 0.1) is 10.8 Å². The summed E-state index contributed by atoms with van der Waals surface area (Å²) in [5.41, 5.74) is -0.174. The molecule has 10 heteroatoms. The van der Waals surface area contributed by atoms with Crippen molar-refractivity contribution in [2.45, 2.75) is 46.1 Å². The van der Waals surface area contributed by atoms with E-state index in [0.717, 1.165) is 19.3 Å². The number of carbonyl (C=O) groups excluding carboxylic acids is 2. The van der Waals surface area contributed by atoms with Crippen LogP contribution >= 0.6 is 0 Å². The van der Waals surface area contributed by atoms with Gasteiger partial charge < -0.3 is 10.6 Å². The molecule has 1 aliphatic rings. The van der Waals surface area contributed by atoms with E-state index in [0.29, 0.717) is 6.54 Å². The Balaban J connectivity index is 1.56. The molecular formula is C20H28N8O2. The summed E-state index contributed by atoms with van der Waals surface area (Å²) in [7, 11) is 0. The zero-order valence-corrected chi connectivity index (χ0v) is 17.5. The predicted molar refractivity (Wildman–Crippen MR) is 113 cm³/mol. The molecule has 4 N–H and O–H groups in total. The third-order valence-electron chi connectivity index (χ3n) is 5.04. The van der Waals surface area contributed by atoms with E-state index in [1.807, 2.05) is 0 Å². The van der Waals surface area contributed by atoms with E-state index >= 15 is 0 Å². The highest BCUT2D eigenvalue weighted by Gasteiger charge is 2.41. The Labute approximate surface area is 175 Å². The first-order chi connectivity index (χ1) is 14.2. The van der Waals surface area contributed by atoms with Crippen molar-refractivity contribution in [2.75, 3.05) is 17.2 Å². The highest BCUT2D eigenvalue weighted by Crippen LogP contribution is 2.45. The predicted octanol–water partition coefficient (Wildman–Crippen LogP) is 2.79. The van der Waals surface area contributed by atoms with E-state index in [4.69, 9.17) is 0 Å². The van der Waals surface area contributed by atoms with Gasteiger partial charge >= 0.3 is 12.1 Å². The first-order valence-electron chi connectivity index (χ1n) is 9.90. The summed E-state index contributed by atoms with van der Waals surface area (Å²) in [6, 6.07) is 2.64. The van der Waals surface area contributed by atoms with Crippen molar-refractivity contribution in [2.24, 2.45) is 10.8 Å². The van der Waals surface area contributed by atoms with Crippen LogP contribution in [-0.4, -0.2) is 44.6 Å². The highest BCUT2D eigenvalue weighted by atomic mass is 16.2. The van der Waals surface area contributed by atoms with Crippen molar-refractivity contribution in [3.05, 3.63) is 36.9 Å². The van der Waals surface area contributed by atoms with Gasteiger partial charge in [-0.25, -0.2) is 29.5 Å². The maximum Gasteiger partial charge on any atom is 0.321 e. The third kappa shape index (κ3) is 6.36. The molecule has 3 rings (SSSR count). The minimum absolute atomic E-state index is 0.00882. The van der Waals surface area contributed by atoms with Crippen LogP contribution in [0.15, 0.2) is 36.9 Å². The second kappa shape index (κ2) is 9.02. The van der Waals surface area contributed by atoms with Crippen molar-refractivity contribution in [3.63, 3.8) is 0 Å². The van der Waals surface area contributed by atoms with Gasteiger partial charge in [-0.05, 0) is 42.2 Å². The molecule has 10 nitrogen and oxygen atoms in total. The Morgan fingerprint density at radius 1 is 0.900 bits per heavy atom. The summed E-state index contributed by atoms with van der Waals surface area (Å²) >= 11 is 0. The van der Waals surface area contributed by atoms with Gasteiger partial charge in [0.25, 0.3) is 0 Å². The van der Waals surface area contributed by atoms with Gasteiger partial charge in [-0.1, -0.05) is 20.8 Å². The number of urea groups is 2. The number of carbonyl (C=O) groups is 2. The number of nitrogens with zero attached hydrogens (tertiary/aromatic N) is 4. The lowest BCUT2D eigenvalue weighted by Crippen LogP contribution is -2.51. The summed E-state index contributed by atoms with van der Waals surface area (Å²) < 4.78 is 0. The lowest BCUT2D eigenvalue weighted by Gasteiger charge is -2.46. The number of rotatable bonds is 5. The van der Waals surface area contributed by atoms with E-state index < -0.39 is 0 Å². The van der Waals surface area contributed by atoms with E-state index in [2.05, 4.69) is 62.0 Å². The van der Waals surface area contributed by atoms with Crippen molar-refractivity contribution >= 4 is 24.0 Å². The van der Waals surface area contributed by atoms with Gasteiger partial charge in [0.2, 0.25) is 11.9 Å². The Hall–Kier alpha value is -3.30. The molecule has 1 fully saturated rings. The van der Waals surface area contributed by atoms with Crippen LogP contribution in [0.1, 0.15) is 40.0 Å². The second-order valence-corrected chi connectivity index (χ2v) is 8.81. The van der Waals surface area contributed by atoms with Crippen LogP contribution in [0.25, 0.3) is 0 Å². The van der Waals surface area contributed by atoms with Gasteiger partial charge in [-0.2, -0.15) is 0 Å². The fourth-order valence-corrected chi connectivity index (χ4v) is 4.36. The number of nitrogens with one attached hydrogen (secondary N) is 4. The molecule has 4 amide bonds. The summed E-state index contributed by atoms with van der Waals surface area (Å²) in [5, 5.41) is 11.2. The third-order valence-corrected chi connectivity index (χ3v) is 5.04. The summed E-state index contributed by atoms with van der Waals surface area (Å²) in [6.07, 6.45) is 8.77. The standard InChI is InChI=1S/C20H28N8O2/c1-19(2)10-14(26-18(30)28-16-23-8-5-9-24-16)11-20(3,12-19)13-25-17(29)27-15-21-6-4-7-22-15/h4-9,14H,10-13H2,1-3H3,(H2,21,22,25,27,29)(H2,23,24,26,28,30)/t14-,20+/m1/s1. The average Bonchev–Trinajstić information content (AvgIpc) is 2.66. The maximum atomic E-state index is 12.4. The maximum absolute atomic E-state index is 12.4. The largest absolute Gasteiger partial charge is 0.337 e. The summed E-state index contributed by atoms with van der Waals surface area (Å²) in [6.45, 7) is 6.95. The average molecular weight is 412 g/mol. The smallest absolute Gasteiger partial charge is 0.321 e. The zero-order valence-electron chi connectivity index (χ0n) is 17.5. The molecule has 30 heavy (non-hydrogen) atoms. The molecule has 0 aliphatic heterocycles. The molecule has 2 aromatic heterocycles. The van der Waals surface area contributed by atoms with Crippen molar-refractivity contribution in [1.29, 1.82) is 0 Å². The van der Waals surface area contributed by atoms with Gasteiger partial charge in [0.1, 0.15) is 0 Å². The Morgan fingerprint density at radius 3 is 2.00 bits per heavy atom. The van der Waals surface area contributed by atoms with Crippen LogP contribution in [0.4, 0.5) is 21.5 Å². The number of hydrogen-bond acceptors (Lipinski definition) is 6. The lowest BCUT2D eigenvalue weighted by molar-refractivity contribution is 0.0761. The Morgan fingerprint density at radius 2 is 1.43 bits per heavy atom. The zero-order chi connectivity index (χ0) is 21.6. The fraction of sp³-hybridized carbons (Fsp3) is 0.500. The van der Waals surface area contributed by atoms with Crippen LogP contribution in [0.5, 0.6) is 0 Å². The molecule has 2 heterocycles.